The zero-order valence-corrected chi connectivity index (χ0v) is 10.4. The van der Waals surface area contributed by atoms with Gasteiger partial charge in [-0.15, -0.1) is 0 Å². The van der Waals surface area contributed by atoms with Crippen molar-refractivity contribution in [1.82, 2.24) is 10.2 Å². The topological polar surface area (TPSA) is 82.2 Å². The summed E-state index contributed by atoms with van der Waals surface area (Å²) in [5, 5.41) is 10.4. The van der Waals surface area contributed by atoms with Crippen molar-refractivity contribution in [3.05, 3.63) is 0 Å². The molecule has 1 unspecified atom stereocenters. The molecule has 1 saturated carbocycles. The Morgan fingerprint density at radius 2 is 1.94 bits per heavy atom. The molecule has 2 fully saturated rings. The summed E-state index contributed by atoms with van der Waals surface area (Å²) in [6, 6.07) is -0.300. The first kappa shape index (κ1) is 12.2. The lowest BCUT2D eigenvalue weighted by Gasteiger charge is -2.31. The molecule has 2 amide bonds. The number of nitrogens with one attached hydrogen (secondary N) is 2. The van der Waals surface area contributed by atoms with E-state index in [2.05, 4.69) is 12.2 Å². The van der Waals surface area contributed by atoms with Crippen LogP contribution in [0, 0.1) is 17.2 Å². The van der Waals surface area contributed by atoms with Crippen LogP contribution in [-0.2, 0) is 0 Å². The standard InChI is InChI=1S/C12H22N4O/c1-8-4-6-16(7-5-8)12(17)15-10(11(13)14)9-2-3-9/h8-10H,2-7H2,1H3,(H3,13,14)(H,15,17). The van der Waals surface area contributed by atoms with Gasteiger partial charge < -0.3 is 16.0 Å². The predicted molar refractivity (Wildman–Crippen MR) is 66.9 cm³/mol. The molecule has 1 heterocycles. The van der Waals surface area contributed by atoms with Gasteiger partial charge in [0.1, 0.15) is 5.84 Å². The van der Waals surface area contributed by atoms with Crippen molar-refractivity contribution < 1.29 is 4.79 Å². The molecular formula is C12H22N4O. The van der Waals surface area contributed by atoms with E-state index in [0.29, 0.717) is 11.8 Å². The highest BCUT2D eigenvalue weighted by atomic mass is 16.2. The summed E-state index contributed by atoms with van der Waals surface area (Å²) in [5.74, 6) is 1.19. The van der Waals surface area contributed by atoms with E-state index in [-0.39, 0.29) is 17.9 Å². The van der Waals surface area contributed by atoms with Gasteiger partial charge in [0.25, 0.3) is 0 Å². The Hall–Kier alpha value is -1.26. The van der Waals surface area contributed by atoms with E-state index in [1.54, 1.807) is 0 Å². The van der Waals surface area contributed by atoms with Crippen LogP contribution < -0.4 is 11.1 Å². The number of amidine groups is 1. The molecule has 0 aromatic rings. The molecule has 0 spiro atoms. The molecule has 2 rings (SSSR count). The second kappa shape index (κ2) is 4.94. The highest BCUT2D eigenvalue weighted by Gasteiger charge is 2.35. The molecule has 5 heteroatoms. The highest BCUT2D eigenvalue weighted by Crippen LogP contribution is 2.32. The third-order valence-corrected chi connectivity index (χ3v) is 3.78. The number of amides is 2. The molecule has 96 valence electrons. The van der Waals surface area contributed by atoms with Crippen LogP contribution >= 0.6 is 0 Å². The molecule has 5 nitrogen and oxygen atoms in total. The van der Waals surface area contributed by atoms with E-state index >= 15 is 0 Å². The lowest BCUT2D eigenvalue weighted by atomic mass is 9.99. The van der Waals surface area contributed by atoms with Crippen molar-refractivity contribution in [1.29, 1.82) is 5.41 Å². The number of urea groups is 1. The maximum atomic E-state index is 12.0. The lowest BCUT2D eigenvalue weighted by Crippen LogP contribution is -2.52. The maximum Gasteiger partial charge on any atom is 0.317 e. The summed E-state index contributed by atoms with van der Waals surface area (Å²) in [4.78, 5) is 13.9. The van der Waals surface area contributed by atoms with Crippen molar-refractivity contribution in [2.24, 2.45) is 17.6 Å². The Morgan fingerprint density at radius 3 is 2.41 bits per heavy atom. The van der Waals surface area contributed by atoms with Gasteiger partial charge in [-0.05, 0) is 37.5 Å². The Kier molecular flexibility index (Phi) is 3.54. The zero-order valence-electron chi connectivity index (χ0n) is 10.4. The first-order valence-corrected chi connectivity index (χ1v) is 6.47. The van der Waals surface area contributed by atoms with Crippen LogP contribution in [0.4, 0.5) is 4.79 Å². The van der Waals surface area contributed by atoms with Crippen LogP contribution in [0.3, 0.4) is 0 Å². The predicted octanol–water partition coefficient (Wildman–Crippen LogP) is 1.14. The van der Waals surface area contributed by atoms with Crippen molar-refractivity contribution in [3.63, 3.8) is 0 Å². The Bertz CT molecular complexity index is 306. The average Bonchev–Trinajstić information content (AvgIpc) is 3.10. The summed E-state index contributed by atoms with van der Waals surface area (Å²) in [6.45, 7) is 3.86. The third kappa shape index (κ3) is 3.11. The Labute approximate surface area is 102 Å². The minimum Gasteiger partial charge on any atom is -0.386 e. The first-order chi connectivity index (χ1) is 8.08. The SMILES string of the molecule is CC1CCN(C(=O)NC(C(=N)N)C2CC2)CC1. The van der Waals surface area contributed by atoms with Crippen LogP contribution in [-0.4, -0.2) is 35.9 Å². The number of hydrogen-bond acceptors (Lipinski definition) is 2. The minimum absolute atomic E-state index is 0.0519. The summed E-state index contributed by atoms with van der Waals surface area (Å²) in [6.07, 6.45) is 4.28. The summed E-state index contributed by atoms with van der Waals surface area (Å²) in [5.41, 5.74) is 5.53. The Balaban J connectivity index is 1.85. The fourth-order valence-corrected chi connectivity index (χ4v) is 2.32. The van der Waals surface area contributed by atoms with Crippen LogP contribution in [0.25, 0.3) is 0 Å². The van der Waals surface area contributed by atoms with E-state index in [1.807, 2.05) is 4.90 Å². The number of rotatable bonds is 3. The normalized spacial score (nSPS) is 23.2. The monoisotopic (exact) mass is 238 g/mol. The fraction of sp³-hybridized carbons (Fsp3) is 0.833. The molecule has 1 aliphatic carbocycles. The maximum absolute atomic E-state index is 12.0. The van der Waals surface area contributed by atoms with Gasteiger partial charge in [-0.1, -0.05) is 6.92 Å². The Morgan fingerprint density at radius 1 is 1.35 bits per heavy atom. The first-order valence-electron chi connectivity index (χ1n) is 6.47. The molecule has 1 aliphatic heterocycles. The van der Waals surface area contributed by atoms with E-state index < -0.39 is 0 Å². The second-order valence-corrected chi connectivity index (χ2v) is 5.39. The molecule has 0 aromatic carbocycles. The van der Waals surface area contributed by atoms with Crippen LogP contribution in [0.15, 0.2) is 0 Å². The minimum atomic E-state index is -0.248. The zero-order chi connectivity index (χ0) is 12.4. The summed E-state index contributed by atoms with van der Waals surface area (Å²) in [7, 11) is 0. The van der Waals surface area contributed by atoms with Crippen LogP contribution in [0.5, 0.6) is 0 Å². The summed E-state index contributed by atoms with van der Waals surface area (Å²) >= 11 is 0. The number of carbonyl (C=O) groups excluding carboxylic acids is 1. The van der Waals surface area contributed by atoms with Crippen molar-refractivity contribution in [2.75, 3.05) is 13.1 Å². The molecular weight excluding hydrogens is 216 g/mol. The van der Waals surface area contributed by atoms with Gasteiger partial charge in [0.2, 0.25) is 0 Å². The molecule has 0 radical (unpaired) electrons. The quantitative estimate of drug-likeness (QED) is 0.509. The summed E-state index contributed by atoms with van der Waals surface area (Å²) < 4.78 is 0. The molecule has 1 atom stereocenters. The third-order valence-electron chi connectivity index (χ3n) is 3.78. The van der Waals surface area contributed by atoms with Gasteiger partial charge in [-0.2, -0.15) is 0 Å². The number of nitrogens with zero attached hydrogens (tertiary/aromatic N) is 1. The number of nitrogens with two attached hydrogens (primary N) is 1. The largest absolute Gasteiger partial charge is 0.386 e. The smallest absolute Gasteiger partial charge is 0.317 e. The van der Waals surface area contributed by atoms with E-state index in [4.69, 9.17) is 11.1 Å². The average molecular weight is 238 g/mol. The second-order valence-electron chi connectivity index (χ2n) is 5.39. The number of piperidine rings is 1. The van der Waals surface area contributed by atoms with E-state index in [9.17, 15) is 4.79 Å². The lowest BCUT2D eigenvalue weighted by molar-refractivity contribution is 0.172. The number of hydrogen-bond donors (Lipinski definition) is 3. The highest BCUT2D eigenvalue weighted by molar-refractivity contribution is 5.88. The molecule has 0 aromatic heterocycles. The molecule has 0 bridgehead atoms. The van der Waals surface area contributed by atoms with Gasteiger partial charge in [-0.3, -0.25) is 5.41 Å². The van der Waals surface area contributed by atoms with Crippen molar-refractivity contribution in [2.45, 2.75) is 38.6 Å². The molecule has 1 saturated heterocycles. The van der Waals surface area contributed by atoms with E-state index in [1.165, 1.54) is 0 Å². The van der Waals surface area contributed by atoms with Gasteiger partial charge in [-0.25, -0.2) is 4.79 Å². The van der Waals surface area contributed by atoms with Gasteiger partial charge in [0, 0.05) is 13.1 Å². The van der Waals surface area contributed by atoms with Gasteiger partial charge in [0.15, 0.2) is 0 Å². The van der Waals surface area contributed by atoms with Crippen LogP contribution in [0.2, 0.25) is 0 Å². The van der Waals surface area contributed by atoms with Crippen molar-refractivity contribution in [3.8, 4) is 0 Å². The van der Waals surface area contributed by atoms with Crippen LogP contribution in [0.1, 0.15) is 32.6 Å². The molecule has 2 aliphatic rings. The number of likely N-dealkylation sites (tertiary alicyclic amines) is 1. The van der Waals surface area contributed by atoms with Gasteiger partial charge >= 0.3 is 6.03 Å². The van der Waals surface area contributed by atoms with Crippen molar-refractivity contribution >= 4 is 11.9 Å². The van der Waals surface area contributed by atoms with Gasteiger partial charge in [0.05, 0.1) is 6.04 Å². The number of carbonyl (C=O) groups is 1. The fourth-order valence-electron chi connectivity index (χ4n) is 2.32. The van der Waals surface area contributed by atoms with E-state index in [0.717, 1.165) is 38.8 Å². The molecule has 17 heavy (non-hydrogen) atoms. The molecule has 4 N–H and O–H groups in total.